The minimum atomic E-state index is 0.278. The fourth-order valence-electron chi connectivity index (χ4n) is 2.91. The molecule has 0 N–H and O–H groups in total. The van der Waals surface area contributed by atoms with Gasteiger partial charge in [0.25, 0.3) is 0 Å². The van der Waals surface area contributed by atoms with Crippen molar-refractivity contribution in [1.82, 2.24) is 20.0 Å². The average Bonchev–Trinajstić information content (AvgIpc) is 2.45. The molecule has 0 spiro atoms. The summed E-state index contributed by atoms with van der Waals surface area (Å²) in [5, 5.41) is 8.85. The Morgan fingerprint density at radius 2 is 1.43 bits per heavy atom. The number of hydrogen-bond donors (Lipinski definition) is 0. The van der Waals surface area contributed by atoms with Gasteiger partial charge in [0.1, 0.15) is 0 Å². The molecule has 0 unspecified atom stereocenters. The lowest BCUT2D eigenvalue weighted by molar-refractivity contribution is 0.0584. The van der Waals surface area contributed by atoms with Crippen molar-refractivity contribution < 1.29 is 0 Å². The van der Waals surface area contributed by atoms with E-state index in [1.54, 1.807) is 0 Å². The van der Waals surface area contributed by atoms with Gasteiger partial charge in [-0.05, 0) is 51.2 Å². The van der Waals surface area contributed by atoms with E-state index in [-0.39, 0.29) is 5.54 Å². The molecule has 0 aliphatic carbocycles. The molecule has 1 fully saturated rings. The number of aromatic nitrogens is 2. The molecule has 1 aliphatic rings. The third-order valence-electron chi connectivity index (χ3n) is 4.61. The van der Waals surface area contributed by atoms with Gasteiger partial charge in [0.2, 0.25) is 0 Å². The number of nitrogens with zero attached hydrogens (tertiary/aromatic N) is 4. The van der Waals surface area contributed by atoms with Crippen LogP contribution in [0, 0.1) is 5.41 Å². The first-order valence-corrected chi connectivity index (χ1v) is 8.92. The van der Waals surface area contributed by atoms with Crippen LogP contribution in [-0.4, -0.2) is 51.7 Å². The van der Waals surface area contributed by atoms with E-state index in [1.807, 2.05) is 0 Å². The number of piperazine rings is 1. The highest BCUT2D eigenvalue weighted by Gasteiger charge is 2.25. The van der Waals surface area contributed by atoms with Crippen LogP contribution in [0.2, 0.25) is 0 Å². The Kier molecular flexibility index (Phi) is 5.79. The normalized spacial score (nSPS) is 18.3. The van der Waals surface area contributed by atoms with E-state index in [4.69, 9.17) is 0 Å². The molecule has 1 aliphatic heterocycles. The summed E-state index contributed by atoms with van der Waals surface area (Å²) >= 11 is 0. The van der Waals surface area contributed by atoms with Crippen molar-refractivity contribution in [2.75, 3.05) is 26.2 Å². The lowest BCUT2D eigenvalue weighted by atomic mass is 9.90. The van der Waals surface area contributed by atoms with Gasteiger partial charge in [0.15, 0.2) is 0 Å². The van der Waals surface area contributed by atoms with Crippen molar-refractivity contribution in [1.29, 1.82) is 0 Å². The highest BCUT2D eigenvalue weighted by atomic mass is 15.3. The molecule has 23 heavy (non-hydrogen) atoms. The fourth-order valence-corrected chi connectivity index (χ4v) is 2.91. The Labute approximate surface area is 142 Å². The summed E-state index contributed by atoms with van der Waals surface area (Å²) < 4.78 is 0. The van der Waals surface area contributed by atoms with Crippen molar-refractivity contribution in [3.8, 4) is 0 Å². The monoisotopic (exact) mass is 318 g/mol. The largest absolute Gasteiger partial charge is 0.296 e. The molecule has 0 saturated carbocycles. The van der Waals surface area contributed by atoms with Crippen LogP contribution >= 0.6 is 0 Å². The molecule has 1 saturated heterocycles. The van der Waals surface area contributed by atoms with Crippen LogP contribution in [0.5, 0.6) is 0 Å². The third kappa shape index (κ3) is 6.19. The highest BCUT2D eigenvalue weighted by molar-refractivity contribution is 5.07. The smallest absolute Gasteiger partial charge is 0.0771 e. The number of hydrogen-bond acceptors (Lipinski definition) is 4. The molecule has 0 radical (unpaired) electrons. The lowest BCUT2D eigenvalue weighted by Crippen LogP contribution is -2.53. The minimum absolute atomic E-state index is 0.278. The van der Waals surface area contributed by atoms with Gasteiger partial charge < -0.3 is 0 Å². The molecule has 2 rings (SSSR count). The van der Waals surface area contributed by atoms with E-state index in [0.717, 1.165) is 57.0 Å². The Morgan fingerprint density at radius 3 is 1.91 bits per heavy atom. The maximum absolute atomic E-state index is 4.44. The van der Waals surface area contributed by atoms with Gasteiger partial charge in [-0.15, -0.1) is 0 Å². The summed E-state index contributed by atoms with van der Waals surface area (Å²) in [4.78, 5) is 5.05. The zero-order chi connectivity index (χ0) is 17.1. The Hall–Kier alpha value is -1.00. The molecule has 4 heteroatoms. The summed E-state index contributed by atoms with van der Waals surface area (Å²) in [6, 6.07) is 4.31. The number of rotatable bonds is 4. The maximum Gasteiger partial charge on any atom is 0.0771 e. The molecular formula is C19H34N4. The van der Waals surface area contributed by atoms with Crippen LogP contribution in [0.15, 0.2) is 12.1 Å². The SMILES string of the molecule is CC(C)(C)CCc1ccc(CN2CCN(C(C)(C)C)CC2)nn1. The topological polar surface area (TPSA) is 32.3 Å². The van der Waals surface area contributed by atoms with Crippen LogP contribution in [0.3, 0.4) is 0 Å². The number of aryl methyl sites for hydroxylation is 1. The van der Waals surface area contributed by atoms with Crippen molar-refractivity contribution in [2.45, 2.75) is 66.5 Å². The van der Waals surface area contributed by atoms with E-state index >= 15 is 0 Å². The minimum Gasteiger partial charge on any atom is -0.296 e. The highest BCUT2D eigenvalue weighted by Crippen LogP contribution is 2.21. The predicted octanol–water partition coefficient (Wildman–Crippen LogP) is 3.37. The maximum atomic E-state index is 4.44. The van der Waals surface area contributed by atoms with Gasteiger partial charge in [-0.25, -0.2) is 0 Å². The first-order chi connectivity index (χ1) is 10.6. The van der Waals surface area contributed by atoms with Crippen LogP contribution < -0.4 is 0 Å². The van der Waals surface area contributed by atoms with Crippen LogP contribution in [0.25, 0.3) is 0 Å². The molecule has 4 nitrogen and oxygen atoms in total. The van der Waals surface area contributed by atoms with Gasteiger partial charge >= 0.3 is 0 Å². The summed E-state index contributed by atoms with van der Waals surface area (Å²) in [6.07, 6.45) is 2.16. The van der Waals surface area contributed by atoms with Crippen LogP contribution in [0.4, 0.5) is 0 Å². The molecule has 0 atom stereocenters. The lowest BCUT2D eigenvalue weighted by Gasteiger charge is -2.42. The van der Waals surface area contributed by atoms with Crippen molar-refractivity contribution >= 4 is 0 Å². The van der Waals surface area contributed by atoms with Gasteiger partial charge in [0.05, 0.1) is 11.4 Å². The molecular weight excluding hydrogens is 284 g/mol. The molecule has 0 bridgehead atoms. The predicted molar refractivity (Wildman–Crippen MR) is 96.4 cm³/mol. The van der Waals surface area contributed by atoms with Gasteiger partial charge in [0, 0.05) is 38.3 Å². The summed E-state index contributed by atoms with van der Waals surface area (Å²) in [6.45, 7) is 19.1. The van der Waals surface area contributed by atoms with E-state index in [1.165, 1.54) is 0 Å². The molecule has 1 aromatic heterocycles. The summed E-state index contributed by atoms with van der Waals surface area (Å²) in [5.41, 5.74) is 2.84. The first-order valence-electron chi connectivity index (χ1n) is 8.92. The second-order valence-corrected chi connectivity index (χ2v) is 9.01. The van der Waals surface area contributed by atoms with Crippen LogP contribution in [-0.2, 0) is 13.0 Å². The van der Waals surface area contributed by atoms with E-state index < -0.39 is 0 Å². The van der Waals surface area contributed by atoms with Gasteiger partial charge in [-0.1, -0.05) is 20.8 Å². The standard InChI is InChI=1S/C19H34N4/c1-18(2,3)10-9-16-7-8-17(21-20-16)15-22-11-13-23(14-12-22)19(4,5)6/h7-8H,9-15H2,1-6H3. The second-order valence-electron chi connectivity index (χ2n) is 9.01. The Balaban J connectivity index is 1.81. The van der Waals surface area contributed by atoms with E-state index in [0.29, 0.717) is 5.41 Å². The quantitative estimate of drug-likeness (QED) is 0.852. The third-order valence-corrected chi connectivity index (χ3v) is 4.61. The molecule has 0 aromatic carbocycles. The average molecular weight is 319 g/mol. The molecule has 130 valence electrons. The van der Waals surface area contributed by atoms with E-state index in [2.05, 4.69) is 73.7 Å². The zero-order valence-corrected chi connectivity index (χ0v) is 15.9. The Morgan fingerprint density at radius 1 is 0.870 bits per heavy atom. The molecule has 2 heterocycles. The first kappa shape index (κ1) is 18.3. The van der Waals surface area contributed by atoms with Crippen molar-refractivity contribution in [3.63, 3.8) is 0 Å². The zero-order valence-electron chi connectivity index (χ0n) is 15.9. The molecule has 1 aromatic rings. The van der Waals surface area contributed by atoms with Gasteiger partial charge in [-0.2, -0.15) is 10.2 Å². The van der Waals surface area contributed by atoms with Crippen LogP contribution in [0.1, 0.15) is 59.4 Å². The van der Waals surface area contributed by atoms with Crippen molar-refractivity contribution in [2.24, 2.45) is 5.41 Å². The second kappa shape index (κ2) is 7.27. The van der Waals surface area contributed by atoms with E-state index in [9.17, 15) is 0 Å². The van der Waals surface area contributed by atoms with Gasteiger partial charge in [-0.3, -0.25) is 9.80 Å². The molecule has 0 amide bonds. The summed E-state index contributed by atoms with van der Waals surface area (Å²) in [7, 11) is 0. The van der Waals surface area contributed by atoms with Crippen molar-refractivity contribution in [3.05, 3.63) is 23.5 Å². The Bertz CT molecular complexity index is 474. The fraction of sp³-hybridized carbons (Fsp3) is 0.789. The summed E-state index contributed by atoms with van der Waals surface area (Å²) in [5.74, 6) is 0.